The van der Waals surface area contributed by atoms with Crippen molar-refractivity contribution in [3.63, 3.8) is 0 Å². The van der Waals surface area contributed by atoms with Crippen molar-refractivity contribution in [3.8, 4) is 28.7 Å². The van der Waals surface area contributed by atoms with E-state index in [1.165, 1.54) is 22.3 Å². The van der Waals surface area contributed by atoms with E-state index in [0.29, 0.717) is 11.5 Å². The number of ether oxygens (including phenoxy) is 5. The molecule has 0 spiro atoms. The molecule has 6 heteroatoms. The summed E-state index contributed by atoms with van der Waals surface area (Å²) in [6.07, 6.45) is 1.80. The van der Waals surface area contributed by atoms with Gasteiger partial charge in [-0.1, -0.05) is 6.07 Å². The van der Waals surface area contributed by atoms with Gasteiger partial charge in [0.1, 0.15) is 0 Å². The van der Waals surface area contributed by atoms with Gasteiger partial charge in [-0.05, 0) is 36.1 Å². The molecule has 6 nitrogen and oxygen atoms in total. The molecule has 2 aliphatic heterocycles. The second-order valence-corrected chi connectivity index (χ2v) is 7.09. The lowest BCUT2D eigenvalue weighted by molar-refractivity contribution is 0.155. The molecular weight excluding hydrogens is 358 g/mol. The lowest BCUT2D eigenvalue weighted by Crippen LogP contribution is -2.39. The lowest BCUT2D eigenvalue weighted by atomic mass is 9.83. The average molecular weight is 385 g/mol. The standard InChI is InChI=1S/C22H27NO5/c1-24-18-7-6-13-10-17-15-11-19(25-2)22(28-5)21(27-4)14(15)8-9-23(17)12-16(13)20(18)26-3/h6-7,11,17H,8-10,12H2,1-5H3. The molecule has 28 heavy (non-hydrogen) atoms. The van der Waals surface area contributed by atoms with E-state index in [9.17, 15) is 0 Å². The molecule has 2 aromatic rings. The van der Waals surface area contributed by atoms with Gasteiger partial charge in [-0.2, -0.15) is 0 Å². The fraction of sp³-hybridized carbons (Fsp3) is 0.455. The molecular formula is C22H27NO5. The third-order valence-electron chi connectivity index (χ3n) is 5.94. The Hall–Kier alpha value is -2.60. The molecule has 2 heterocycles. The molecule has 0 fully saturated rings. The zero-order valence-electron chi connectivity index (χ0n) is 17.1. The van der Waals surface area contributed by atoms with Crippen LogP contribution in [-0.4, -0.2) is 47.0 Å². The molecule has 0 aliphatic carbocycles. The largest absolute Gasteiger partial charge is 0.493 e. The van der Waals surface area contributed by atoms with Gasteiger partial charge in [-0.15, -0.1) is 0 Å². The van der Waals surface area contributed by atoms with Gasteiger partial charge in [0.25, 0.3) is 0 Å². The van der Waals surface area contributed by atoms with Crippen LogP contribution in [0, 0.1) is 0 Å². The van der Waals surface area contributed by atoms with E-state index in [1.807, 2.05) is 6.07 Å². The van der Waals surface area contributed by atoms with Gasteiger partial charge in [0.15, 0.2) is 23.0 Å². The van der Waals surface area contributed by atoms with E-state index in [0.717, 1.165) is 43.2 Å². The first-order valence-corrected chi connectivity index (χ1v) is 9.45. The summed E-state index contributed by atoms with van der Waals surface area (Å²) in [5, 5.41) is 0. The van der Waals surface area contributed by atoms with Crippen molar-refractivity contribution in [1.82, 2.24) is 4.90 Å². The van der Waals surface area contributed by atoms with Crippen LogP contribution in [0.15, 0.2) is 18.2 Å². The monoisotopic (exact) mass is 385 g/mol. The Balaban J connectivity index is 1.82. The Kier molecular flexibility index (Phi) is 4.98. The lowest BCUT2D eigenvalue weighted by Gasteiger charge is -2.42. The Bertz CT molecular complexity index is 895. The van der Waals surface area contributed by atoms with Gasteiger partial charge in [0.05, 0.1) is 35.5 Å². The van der Waals surface area contributed by atoms with Gasteiger partial charge in [0.2, 0.25) is 5.75 Å². The van der Waals surface area contributed by atoms with Crippen LogP contribution in [-0.2, 0) is 19.4 Å². The van der Waals surface area contributed by atoms with Crippen molar-refractivity contribution in [2.24, 2.45) is 0 Å². The number of nitrogens with zero attached hydrogens (tertiary/aromatic N) is 1. The minimum Gasteiger partial charge on any atom is -0.493 e. The molecule has 1 atom stereocenters. The van der Waals surface area contributed by atoms with Crippen molar-refractivity contribution in [3.05, 3.63) is 40.5 Å². The Morgan fingerprint density at radius 3 is 2.14 bits per heavy atom. The first-order chi connectivity index (χ1) is 13.7. The van der Waals surface area contributed by atoms with Gasteiger partial charge in [-0.25, -0.2) is 0 Å². The van der Waals surface area contributed by atoms with Gasteiger partial charge in [-0.3, -0.25) is 4.90 Å². The molecule has 1 unspecified atom stereocenters. The van der Waals surface area contributed by atoms with Crippen LogP contribution in [0.2, 0.25) is 0 Å². The fourth-order valence-electron chi connectivity index (χ4n) is 4.63. The smallest absolute Gasteiger partial charge is 0.203 e. The van der Waals surface area contributed by atoms with Crippen molar-refractivity contribution in [2.75, 3.05) is 42.1 Å². The highest BCUT2D eigenvalue weighted by Crippen LogP contribution is 2.50. The van der Waals surface area contributed by atoms with Gasteiger partial charge in [0, 0.05) is 30.3 Å². The predicted molar refractivity (Wildman–Crippen MR) is 106 cm³/mol. The second-order valence-electron chi connectivity index (χ2n) is 7.09. The number of rotatable bonds is 5. The summed E-state index contributed by atoms with van der Waals surface area (Å²) < 4.78 is 28.1. The van der Waals surface area contributed by atoms with Gasteiger partial charge >= 0.3 is 0 Å². The number of hydrogen-bond donors (Lipinski definition) is 0. The third kappa shape index (κ3) is 2.75. The SMILES string of the molecule is COc1ccc2c(c1OC)CN1CCc3c(cc(OC)c(OC)c3OC)C1C2. The molecule has 150 valence electrons. The Morgan fingerprint density at radius 1 is 0.786 bits per heavy atom. The fourth-order valence-corrected chi connectivity index (χ4v) is 4.63. The summed E-state index contributed by atoms with van der Waals surface area (Å²) in [6.45, 7) is 1.78. The molecule has 0 aromatic heterocycles. The van der Waals surface area contributed by atoms with Crippen molar-refractivity contribution >= 4 is 0 Å². The normalized spacial score (nSPS) is 17.8. The second kappa shape index (κ2) is 7.43. The molecule has 4 rings (SSSR count). The Labute approximate surface area is 165 Å². The number of hydrogen-bond acceptors (Lipinski definition) is 6. The highest BCUT2D eigenvalue weighted by Gasteiger charge is 2.37. The van der Waals surface area contributed by atoms with Crippen LogP contribution >= 0.6 is 0 Å². The van der Waals surface area contributed by atoms with Gasteiger partial charge < -0.3 is 23.7 Å². The molecule has 0 saturated heterocycles. The van der Waals surface area contributed by atoms with E-state index < -0.39 is 0 Å². The maximum Gasteiger partial charge on any atom is 0.203 e. The minimum atomic E-state index is 0.267. The quantitative estimate of drug-likeness (QED) is 0.786. The predicted octanol–water partition coefficient (Wildman–Crippen LogP) is 3.39. The zero-order chi connectivity index (χ0) is 19.8. The number of fused-ring (bicyclic) bond motifs is 4. The first-order valence-electron chi connectivity index (χ1n) is 9.45. The van der Waals surface area contributed by atoms with Crippen LogP contribution in [0.1, 0.15) is 28.3 Å². The van der Waals surface area contributed by atoms with Crippen molar-refractivity contribution < 1.29 is 23.7 Å². The zero-order valence-corrected chi connectivity index (χ0v) is 17.1. The van der Waals surface area contributed by atoms with Crippen molar-refractivity contribution in [1.29, 1.82) is 0 Å². The molecule has 0 N–H and O–H groups in total. The molecule has 0 amide bonds. The number of methoxy groups -OCH3 is 5. The van der Waals surface area contributed by atoms with E-state index in [-0.39, 0.29) is 6.04 Å². The maximum absolute atomic E-state index is 5.73. The van der Waals surface area contributed by atoms with E-state index in [2.05, 4.69) is 17.0 Å². The molecule has 0 radical (unpaired) electrons. The summed E-state index contributed by atoms with van der Waals surface area (Å²) in [4.78, 5) is 2.50. The Morgan fingerprint density at radius 2 is 1.50 bits per heavy atom. The summed E-state index contributed by atoms with van der Waals surface area (Å²) in [5.41, 5.74) is 4.97. The average Bonchev–Trinajstić information content (AvgIpc) is 2.74. The summed E-state index contributed by atoms with van der Waals surface area (Å²) in [6, 6.07) is 6.52. The van der Waals surface area contributed by atoms with Crippen molar-refractivity contribution in [2.45, 2.75) is 25.4 Å². The van der Waals surface area contributed by atoms with Crippen LogP contribution in [0.4, 0.5) is 0 Å². The molecule has 0 bridgehead atoms. The van der Waals surface area contributed by atoms with E-state index in [4.69, 9.17) is 23.7 Å². The first kappa shape index (κ1) is 18.7. The van der Waals surface area contributed by atoms with Crippen LogP contribution < -0.4 is 23.7 Å². The molecule has 2 aliphatic rings. The van der Waals surface area contributed by atoms with Crippen LogP contribution in [0.25, 0.3) is 0 Å². The highest BCUT2D eigenvalue weighted by atomic mass is 16.5. The highest BCUT2D eigenvalue weighted by molar-refractivity contribution is 5.61. The summed E-state index contributed by atoms with van der Waals surface area (Å²) in [7, 11) is 8.39. The number of benzene rings is 2. The molecule has 0 saturated carbocycles. The van der Waals surface area contributed by atoms with E-state index >= 15 is 0 Å². The van der Waals surface area contributed by atoms with Crippen LogP contribution in [0.5, 0.6) is 28.7 Å². The summed E-state index contributed by atoms with van der Waals surface area (Å²) in [5.74, 6) is 3.78. The third-order valence-corrected chi connectivity index (χ3v) is 5.94. The molecule has 2 aromatic carbocycles. The topological polar surface area (TPSA) is 49.4 Å². The van der Waals surface area contributed by atoms with E-state index in [1.54, 1.807) is 35.5 Å². The maximum atomic E-state index is 5.73. The van der Waals surface area contributed by atoms with Crippen LogP contribution in [0.3, 0.4) is 0 Å². The minimum absolute atomic E-state index is 0.267. The summed E-state index contributed by atoms with van der Waals surface area (Å²) >= 11 is 0.